The fourth-order valence-electron chi connectivity index (χ4n) is 4.49. The number of nitrogens with zero attached hydrogens (tertiary/aromatic N) is 3. The number of amides is 2. The number of carbonyl (C=O) groups excluding carboxylic acids is 2. The third-order valence-electron chi connectivity index (χ3n) is 6.61. The second-order valence-electron chi connectivity index (χ2n) is 9.44. The number of ether oxygens (including phenoxy) is 1. The van der Waals surface area contributed by atoms with Crippen LogP contribution in [-0.2, 0) is 26.2 Å². The molecule has 1 fully saturated rings. The monoisotopic (exact) mass is 546 g/mol. The van der Waals surface area contributed by atoms with Crippen molar-refractivity contribution >= 4 is 33.2 Å². The molecule has 1 aliphatic carbocycles. The highest BCUT2D eigenvalue weighted by Crippen LogP contribution is 2.24. The third kappa shape index (κ3) is 7.67. The number of sulfonamides is 1. The van der Waals surface area contributed by atoms with Crippen LogP contribution < -0.4 is 14.4 Å². The summed E-state index contributed by atoms with van der Waals surface area (Å²) in [6.45, 7) is 1.00. The average molecular weight is 547 g/mol. The first-order valence-corrected chi connectivity index (χ1v) is 14.3. The van der Waals surface area contributed by atoms with Gasteiger partial charge in [-0.25, -0.2) is 8.42 Å². The lowest BCUT2D eigenvalue weighted by molar-refractivity contribution is -0.384. The summed E-state index contributed by atoms with van der Waals surface area (Å²) in [4.78, 5) is 38.8. The molecule has 38 heavy (non-hydrogen) atoms. The quantitative estimate of drug-likeness (QED) is 0.337. The number of anilines is 1. The fourth-order valence-corrected chi connectivity index (χ4v) is 5.34. The van der Waals surface area contributed by atoms with Crippen molar-refractivity contribution in [3.8, 4) is 5.75 Å². The van der Waals surface area contributed by atoms with Gasteiger partial charge in [0.25, 0.3) is 5.69 Å². The van der Waals surface area contributed by atoms with Crippen molar-refractivity contribution < 1.29 is 27.7 Å². The van der Waals surface area contributed by atoms with Crippen molar-refractivity contribution in [2.75, 3.05) is 24.2 Å². The van der Waals surface area contributed by atoms with E-state index in [1.807, 2.05) is 0 Å². The lowest BCUT2D eigenvalue weighted by atomic mass is 9.95. The molecule has 11 nitrogen and oxygen atoms in total. The number of nitro groups is 1. The molecule has 0 radical (unpaired) electrons. The topological polar surface area (TPSA) is 139 Å². The SMILES string of the molecule is COc1cccc(CN(C(=O)CN(c2cccc([N+](=O)[O-])c2)S(C)(=O)=O)[C@@H](C)C(=O)NC2CCCCC2)c1. The molecular formula is C26H34N4O7S. The minimum Gasteiger partial charge on any atom is -0.497 e. The number of non-ortho nitro benzene ring substituents is 1. The van der Waals surface area contributed by atoms with E-state index in [4.69, 9.17) is 4.74 Å². The van der Waals surface area contributed by atoms with Crippen LogP contribution in [0.25, 0.3) is 0 Å². The summed E-state index contributed by atoms with van der Waals surface area (Å²) in [6.07, 6.45) is 5.84. The van der Waals surface area contributed by atoms with Gasteiger partial charge in [-0.3, -0.25) is 24.0 Å². The van der Waals surface area contributed by atoms with Crippen molar-refractivity contribution in [2.24, 2.45) is 0 Å². The van der Waals surface area contributed by atoms with Gasteiger partial charge >= 0.3 is 0 Å². The maximum Gasteiger partial charge on any atom is 0.271 e. The summed E-state index contributed by atoms with van der Waals surface area (Å²) >= 11 is 0. The first-order chi connectivity index (χ1) is 18.0. The summed E-state index contributed by atoms with van der Waals surface area (Å²) < 4.78 is 31.4. The smallest absolute Gasteiger partial charge is 0.271 e. The molecule has 1 saturated carbocycles. The normalized spacial score (nSPS) is 14.8. The van der Waals surface area contributed by atoms with E-state index in [2.05, 4.69) is 5.32 Å². The number of benzene rings is 2. The number of methoxy groups -OCH3 is 1. The molecule has 0 bridgehead atoms. The molecule has 0 heterocycles. The highest BCUT2D eigenvalue weighted by Gasteiger charge is 2.31. The number of rotatable bonds is 11. The predicted octanol–water partition coefficient (Wildman–Crippen LogP) is 3.24. The molecular weight excluding hydrogens is 512 g/mol. The predicted molar refractivity (Wildman–Crippen MR) is 143 cm³/mol. The van der Waals surface area contributed by atoms with E-state index >= 15 is 0 Å². The van der Waals surface area contributed by atoms with Crippen molar-refractivity contribution in [1.82, 2.24) is 10.2 Å². The Morgan fingerprint density at radius 2 is 1.82 bits per heavy atom. The van der Waals surface area contributed by atoms with Crippen LogP contribution in [0.3, 0.4) is 0 Å². The van der Waals surface area contributed by atoms with Crippen LogP contribution in [0.2, 0.25) is 0 Å². The summed E-state index contributed by atoms with van der Waals surface area (Å²) in [6, 6.07) is 11.2. The molecule has 3 rings (SSSR count). The zero-order valence-corrected chi connectivity index (χ0v) is 22.6. The molecule has 0 aliphatic heterocycles. The maximum absolute atomic E-state index is 13.7. The molecule has 206 valence electrons. The van der Waals surface area contributed by atoms with Gasteiger partial charge in [0.15, 0.2) is 0 Å². The van der Waals surface area contributed by atoms with Gasteiger partial charge in [0.05, 0.1) is 24.0 Å². The standard InChI is InChI=1S/C26H34N4O7S/c1-19(26(32)27-21-10-5-4-6-11-21)28(17-20-9-7-14-24(15-20)37-2)25(31)18-29(38(3,35)36)22-12-8-13-23(16-22)30(33)34/h7-9,12-16,19,21H,4-6,10-11,17-18H2,1-3H3,(H,27,32)/t19-/m0/s1. The summed E-state index contributed by atoms with van der Waals surface area (Å²) in [5.74, 6) is -0.381. The molecule has 0 saturated heterocycles. The number of carbonyl (C=O) groups is 2. The van der Waals surface area contributed by atoms with Crippen LogP contribution in [0.1, 0.15) is 44.6 Å². The van der Waals surface area contributed by atoms with Gasteiger partial charge in [-0.2, -0.15) is 0 Å². The minimum absolute atomic E-state index is 0.0179. The number of nitro benzene ring substituents is 1. The Kier molecular flexibility index (Phi) is 9.67. The Morgan fingerprint density at radius 1 is 1.13 bits per heavy atom. The third-order valence-corrected chi connectivity index (χ3v) is 7.75. The highest BCUT2D eigenvalue weighted by atomic mass is 32.2. The molecule has 0 aromatic heterocycles. The molecule has 1 aliphatic rings. The van der Waals surface area contributed by atoms with E-state index in [0.29, 0.717) is 11.3 Å². The second-order valence-corrected chi connectivity index (χ2v) is 11.3. The molecule has 2 amide bonds. The zero-order valence-electron chi connectivity index (χ0n) is 21.8. The van der Waals surface area contributed by atoms with E-state index in [0.717, 1.165) is 48.7 Å². The van der Waals surface area contributed by atoms with E-state index in [-0.39, 0.29) is 29.9 Å². The lowest BCUT2D eigenvalue weighted by Gasteiger charge is -2.33. The first kappa shape index (κ1) is 28.9. The summed E-state index contributed by atoms with van der Waals surface area (Å²) in [7, 11) is -2.48. The molecule has 12 heteroatoms. The van der Waals surface area contributed by atoms with Crippen LogP contribution >= 0.6 is 0 Å². The summed E-state index contributed by atoms with van der Waals surface area (Å²) in [5.41, 5.74) is 0.365. The minimum atomic E-state index is -4.00. The molecule has 2 aromatic rings. The van der Waals surface area contributed by atoms with Gasteiger partial charge in [0, 0.05) is 24.7 Å². The van der Waals surface area contributed by atoms with Crippen LogP contribution in [-0.4, -0.2) is 62.0 Å². The van der Waals surface area contributed by atoms with Crippen molar-refractivity contribution in [2.45, 2.75) is 57.7 Å². The van der Waals surface area contributed by atoms with E-state index in [1.54, 1.807) is 31.2 Å². The van der Waals surface area contributed by atoms with Crippen LogP contribution in [0.5, 0.6) is 5.75 Å². The van der Waals surface area contributed by atoms with Gasteiger partial charge in [-0.05, 0) is 43.5 Å². The Morgan fingerprint density at radius 3 is 2.45 bits per heavy atom. The Balaban J connectivity index is 1.91. The van der Waals surface area contributed by atoms with Crippen molar-refractivity contribution in [3.05, 3.63) is 64.2 Å². The molecule has 0 unspecified atom stereocenters. The highest BCUT2D eigenvalue weighted by molar-refractivity contribution is 7.92. The number of hydrogen-bond donors (Lipinski definition) is 1. The fraction of sp³-hybridized carbons (Fsp3) is 0.462. The van der Waals surface area contributed by atoms with Gasteiger partial charge < -0.3 is 15.0 Å². The van der Waals surface area contributed by atoms with E-state index < -0.39 is 33.4 Å². The molecule has 0 spiro atoms. The largest absolute Gasteiger partial charge is 0.497 e. The maximum atomic E-state index is 13.7. The van der Waals surface area contributed by atoms with Gasteiger partial charge in [-0.1, -0.05) is 37.5 Å². The van der Waals surface area contributed by atoms with Crippen molar-refractivity contribution in [3.63, 3.8) is 0 Å². The van der Waals surface area contributed by atoms with Crippen LogP contribution in [0.4, 0.5) is 11.4 Å². The molecule has 1 atom stereocenters. The van der Waals surface area contributed by atoms with Crippen LogP contribution in [0, 0.1) is 10.1 Å². The first-order valence-electron chi connectivity index (χ1n) is 12.4. The van der Waals surface area contributed by atoms with Gasteiger partial charge in [-0.15, -0.1) is 0 Å². The average Bonchev–Trinajstić information content (AvgIpc) is 2.89. The van der Waals surface area contributed by atoms with Gasteiger partial charge in [0.1, 0.15) is 18.3 Å². The Labute approximate surface area is 223 Å². The number of nitrogens with one attached hydrogen (secondary N) is 1. The molecule has 2 aromatic carbocycles. The lowest BCUT2D eigenvalue weighted by Crippen LogP contribution is -2.52. The molecule has 1 N–H and O–H groups in total. The van der Waals surface area contributed by atoms with Gasteiger partial charge in [0.2, 0.25) is 21.8 Å². The van der Waals surface area contributed by atoms with E-state index in [9.17, 15) is 28.1 Å². The van der Waals surface area contributed by atoms with Crippen LogP contribution in [0.15, 0.2) is 48.5 Å². The number of hydrogen-bond acceptors (Lipinski definition) is 7. The Bertz CT molecular complexity index is 1260. The van der Waals surface area contributed by atoms with Crippen molar-refractivity contribution in [1.29, 1.82) is 0 Å². The second kappa shape index (κ2) is 12.7. The Hall–Kier alpha value is -3.67. The van der Waals surface area contributed by atoms with E-state index in [1.165, 1.54) is 30.2 Å². The zero-order chi connectivity index (χ0) is 27.9. The summed E-state index contributed by atoms with van der Waals surface area (Å²) in [5, 5.41) is 14.3.